The number of hydrogen-bond donors (Lipinski definition) is 1. The molecule has 2 aromatic carbocycles. The highest BCUT2D eigenvalue weighted by Gasteiger charge is 2.48. The van der Waals surface area contributed by atoms with Crippen LogP contribution in [0.25, 0.3) is 5.76 Å². The molecule has 1 aliphatic heterocycles. The Balaban J connectivity index is 1.90. The molecule has 1 saturated heterocycles. The lowest BCUT2D eigenvalue weighted by molar-refractivity contribution is -0.274. The quantitative estimate of drug-likeness (QED) is 0.273. The van der Waals surface area contributed by atoms with E-state index in [0.717, 1.165) is 22.6 Å². The van der Waals surface area contributed by atoms with E-state index in [9.17, 15) is 27.9 Å². The molecule has 0 saturated carbocycles. The second-order valence-corrected chi connectivity index (χ2v) is 8.32. The summed E-state index contributed by atoms with van der Waals surface area (Å²) in [6.45, 7) is 5.25. The summed E-state index contributed by atoms with van der Waals surface area (Å²) in [5, 5.41) is 11.4. The number of carbonyl (C=O) groups excluding carboxylic acids is 2. The lowest BCUT2D eigenvalue weighted by atomic mass is 9.96. The first-order chi connectivity index (χ1) is 16.9. The molecular formula is C26H22F3NO6. The zero-order valence-electron chi connectivity index (χ0n) is 19.8. The molecule has 188 valence electrons. The van der Waals surface area contributed by atoms with Crippen LogP contribution in [-0.4, -0.2) is 30.3 Å². The molecule has 0 aliphatic carbocycles. The van der Waals surface area contributed by atoms with E-state index in [1.165, 1.54) is 19.2 Å². The number of anilines is 1. The highest BCUT2D eigenvalue weighted by atomic mass is 19.4. The summed E-state index contributed by atoms with van der Waals surface area (Å²) in [5.41, 5.74) is 1.58. The van der Waals surface area contributed by atoms with Crippen molar-refractivity contribution in [3.05, 3.63) is 82.3 Å². The zero-order valence-corrected chi connectivity index (χ0v) is 19.8. The number of alkyl halides is 3. The number of benzene rings is 2. The molecule has 36 heavy (non-hydrogen) atoms. The molecule has 0 radical (unpaired) electrons. The van der Waals surface area contributed by atoms with E-state index in [2.05, 4.69) is 4.74 Å². The Kier molecular flexibility index (Phi) is 6.30. The van der Waals surface area contributed by atoms with Crippen LogP contribution in [0, 0.1) is 20.8 Å². The van der Waals surface area contributed by atoms with Gasteiger partial charge in [0, 0.05) is 5.69 Å². The third-order valence-corrected chi connectivity index (χ3v) is 5.70. The van der Waals surface area contributed by atoms with Crippen LogP contribution >= 0.6 is 0 Å². The molecule has 10 heteroatoms. The van der Waals surface area contributed by atoms with Crippen molar-refractivity contribution in [2.75, 3.05) is 12.0 Å². The van der Waals surface area contributed by atoms with Gasteiger partial charge in [0.15, 0.2) is 0 Å². The number of furan rings is 1. The van der Waals surface area contributed by atoms with E-state index in [-0.39, 0.29) is 22.6 Å². The number of rotatable bonds is 5. The van der Waals surface area contributed by atoms with Crippen molar-refractivity contribution in [2.45, 2.75) is 33.2 Å². The van der Waals surface area contributed by atoms with E-state index >= 15 is 0 Å². The zero-order chi connectivity index (χ0) is 26.4. The Morgan fingerprint density at radius 1 is 1.03 bits per heavy atom. The van der Waals surface area contributed by atoms with E-state index < -0.39 is 35.6 Å². The van der Waals surface area contributed by atoms with Crippen LogP contribution < -0.4 is 14.4 Å². The third-order valence-electron chi connectivity index (χ3n) is 5.70. The van der Waals surface area contributed by atoms with Crippen molar-refractivity contribution >= 4 is 23.1 Å². The first-order valence-electron chi connectivity index (χ1n) is 10.8. The first kappa shape index (κ1) is 24.9. The van der Waals surface area contributed by atoms with Gasteiger partial charge in [0.1, 0.15) is 34.8 Å². The fourth-order valence-corrected chi connectivity index (χ4v) is 4.32. The predicted octanol–water partition coefficient (Wildman–Crippen LogP) is 5.74. The Bertz CT molecular complexity index is 1370. The summed E-state index contributed by atoms with van der Waals surface area (Å²) in [5.74, 6) is -1.91. The maximum absolute atomic E-state index is 13.3. The smallest absolute Gasteiger partial charge is 0.507 e. The molecule has 1 amide bonds. The Morgan fingerprint density at radius 3 is 2.25 bits per heavy atom. The number of ether oxygens (including phenoxy) is 2. The number of aliphatic hydroxyl groups excluding tert-OH is 1. The van der Waals surface area contributed by atoms with Gasteiger partial charge in [-0.05, 0) is 74.4 Å². The minimum absolute atomic E-state index is 0.108. The maximum Gasteiger partial charge on any atom is 0.573 e. The van der Waals surface area contributed by atoms with Crippen molar-refractivity contribution in [1.82, 2.24) is 0 Å². The van der Waals surface area contributed by atoms with Crippen LogP contribution in [0.3, 0.4) is 0 Å². The standard InChI is InChI=1S/C26H22F3NO6/c1-13-11-14(2)24(34-4)18(12-13)22(31)20-21(19-10-5-15(3)35-19)30(25(33)23(20)32)16-6-8-17(9-7-16)36-26(27,28)29/h5-12,21,31H,1-4H3/b22-20+. The topological polar surface area (TPSA) is 89.2 Å². The van der Waals surface area contributed by atoms with Crippen LogP contribution in [0.15, 0.2) is 58.5 Å². The largest absolute Gasteiger partial charge is 0.573 e. The molecule has 2 heterocycles. The molecule has 7 nitrogen and oxygen atoms in total. The van der Waals surface area contributed by atoms with Gasteiger partial charge in [-0.15, -0.1) is 13.2 Å². The van der Waals surface area contributed by atoms with Gasteiger partial charge in [-0.2, -0.15) is 0 Å². The molecule has 1 aromatic heterocycles. The summed E-state index contributed by atoms with van der Waals surface area (Å²) in [6.07, 6.45) is -4.89. The number of halogens is 3. The number of amides is 1. The number of Topliss-reactive ketones (excluding diaryl/α,β-unsaturated/α-hetero) is 1. The van der Waals surface area contributed by atoms with Gasteiger partial charge >= 0.3 is 6.36 Å². The molecule has 1 atom stereocenters. The van der Waals surface area contributed by atoms with Gasteiger partial charge < -0.3 is 19.0 Å². The third kappa shape index (κ3) is 4.53. The predicted molar refractivity (Wildman–Crippen MR) is 124 cm³/mol. The summed E-state index contributed by atoms with van der Waals surface area (Å²) in [7, 11) is 1.42. The monoisotopic (exact) mass is 501 g/mol. The number of aliphatic hydroxyl groups is 1. The van der Waals surface area contributed by atoms with Crippen molar-refractivity contribution in [3.8, 4) is 11.5 Å². The summed E-state index contributed by atoms with van der Waals surface area (Å²) in [6, 6.07) is 9.96. The van der Waals surface area contributed by atoms with E-state index in [1.807, 2.05) is 6.07 Å². The molecule has 0 spiro atoms. The van der Waals surface area contributed by atoms with Gasteiger partial charge in [0.05, 0.1) is 18.2 Å². The minimum Gasteiger partial charge on any atom is -0.507 e. The minimum atomic E-state index is -4.89. The van der Waals surface area contributed by atoms with E-state index in [4.69, 9.17) is 9.15 Å². The van der Waals surface area contributed by atoms with Gasteiger partial charge in [-0.25, -0.2) is 0 Å². The Labute approximate surface area is 204 Å². The molecule has 3 aromatic rings. The number of methoxy groups -OCH3 is 1. The van der Waals surface area contributed by atoms with Crippen molar-refractivity contribution in [1.29, 1.82) is 0 Å². The average Bonchev–Trinajstić information content (AvgIpc) is 3.33. The van der Waals surface area contributed by atoms with E-state index in [1.54, 1.807) is 39.0 Å². The summed E-state index contributed by atoms with van der Waals surface area (Å²) >= 11 is 0. The fraction of sp³-hybridized carbons (Fsp3) is 0.231. The van der Waals surface area contributed by atoms with Crippen molar-refractivity contribution < 1.29 is 41.8 Å². The number of ketones is 1. The van der Waals surface area contributed by atoms with Crippen LogP contribution in [0.5, 0.6) is 11.5 Å². The molecule has 4 rings (SSSR count). The molecule has 1 fully saturated rings. The molecule has 1 unspecified atom stereocenters. The van der Waals surface area contributed by atoms with Crippen LogP contribution in [0.1, 0.15) is 34.3 Å². The second kappa shape index (κ2) is 9.10. The molecule has 1 N–H and O–H groups in total. The van der Waals surface area contributed by atoms with Crippen LogP contribution in [-0.2, 0) is 9.59 Å². The highest BCUT2D eigenvalue weighted by Crippen LogP contribution is 2.44. The van der Waals surface area contributed by atoms with Gasteiger partial charge in [-0.3, -0.25) is 14.5 Å². The van der Waals surface area contributed by atoms with Crippen LogP contribution in [0.2, 0.25) is 0 Å². The van der Waals surface area contributed by atoms with Gasteiger partial charge in [-0.1, -0.05) is 6.07 Å². The number of nitrogens with zero attached hydrogens (tertiary/aromatic N) is 1. The summed E-state index contributed by atoms with van der Waals surface area (Å²) in [4.78, 5) is 27.5. The average molecular weight is 501 g/mol. The molecular weight excluding hydrogens is 479 g/mol. The van der Waals surface area contributed by atoms with Crippen molar-refractivity contribution in [2.24, 2.45) is 0 Å². The van der Waals surface area contributed by atoms with Crippen molar-refractivity contribution in [3.63, 3.8) is 0 Å². The molecule has 1 aliphatic rings. The van der Waals surface area contributed by atoms with E-state index in [0.29, 0.717) is 17.1 Å². The SMILES string of the molecule is COc1c(C)cc(C)cc1/C(O)=C1\C(=O)C(=O)N(c2ccc(OC(F)(F)F)cc2)C1c1ccc(C)o1. The van der Waals surface area contributed by atoms with Crippen LogP contribution in [0.4, 0.5) is 18.9 Å². The number of aryl methyl sites for hydroxylation is 3. The van der Waals surface area contributed by atoms with Gasteiger partial charge in [0.25, 0.3) is 11.7 Å². The lowest BCUT2D eigenvalue weighted by Crippen LogP contribution is -2.29. The van der Waals surface area contributed by atoms with Gasteiger partial charge in [0.2, 0.25) is 0 Å². The number of carbonyl (C=O) groups is 2. The summed E-state index contributed by atoms with van der Waals surface area (Å²) < 4.78 is 52.8. The number of hydrogen-bond acceptors (Lipinski definition) is 6. The Morgan fingerprint density at radius 2 is 1.69 bits per heavy atom. The fourth-order valence-electron chi connectivity index (χ4n) is 4.32. The Hall–Kier alpha value is -4.21. The molecule has 0 bridgehead atoms. The lowest BCUT2D eigenvalue weighted by Gasteiger charge is -2.24. The maximum atomic E-state index is 13.3. The highest BCUT2D eigenvalue weighted by molar-refractivity contribution is 6.51. The second-order valence-electron chi connectivity index (χ2n) is 8.32. The normalized spacial score (nSPS) is 17.5. The first-order valence-corrected chi connectivity index (χ1v) is 10.8.